The van der Waals surface area contributed by atoms with E-state index in [1.165, 1.54) is 0 Å². The zero-order valence-corrected chi connectivity index (χ0v) is 14.4. The fraction of sp³-hybridized carbons (Fsp3) is 0.0909. The first-order valence-corrected chi connectivity index (χ1v) is 8.45. The highest BCUT2D eigenvalue weighted by Gasteiger charge is 2.15. The van der Waals surface area contributed by atoms with Crippen molar-refractivity contribution in [3.63, 3.8) is 0 Å². The largest absolute Gasteiger partial charge is 0.392 e. The number of benzene rings is 3. The number of aliphatic hydroxyl groups excluding tert-OH is 1. The minimum Gasteiger partial charge on any atom is -0.392 e. The van der Waals surface area contributed by atoms with Gasteiger partial charge in [-0.2, -0.15) is 4.98 Å². The van der Waals surface area contributed by atoms with Gasteiger partial charge in [-0.25, -0.2) is 0 Å². The highest BCUT2D eigenvalue weighted by atomic mass is 16.5. The Labute approximate surface area is 151 Å². The van der Waals surface area contributed by atoms with Crippen LogP contribution >= 0.6 is 0 Å². The molecule has 4 heteroatoms. The van der Waals surface area contributed by atoms with E-state index < -0.39 is 0 Å². The molecule has 128 valence electrons. The highest BCUT2D eigenvalue weighted by Crippen LogP contribution is 2.31. The molecular formula is C22H18N2O2. The van der Waals surface area contributed by atoms with Gasteiger partial charge in [-0.3, -0.25) is 0 Å². The van der Waals surface area contributed by atoms with E-state index in [4.69, 9.17) is 4.52 Å². The van der Waals surface area contributed by atoms with Crippen LogP contribution in [0.3, 0.4) is 0 Å². The van der Waals surface area contributed by atoms with Gasteiger partial charge in [-0.05, 0) is 41.3 Å². The summed E-state index contributed by atoms with van der Waals surface area (Å²) in [6, 6.07) is 23.8. The van der Waals surface area contributed by atoms with Crippen molar-refractivity contribution in [1.82, 2.24) is 10.1 Å². The second-order valence-corrected chi connectivity index (χ2v) is 6.13. The van der Waals surface area contributed by atoms with E-state index >= 15 is 0 Å². The minimum atomic E-state index is -0.0171. The molecule has 26 heavy (non-hydrogen) atoms. The molecule has 0 aliphatic heterocycles. The van der Waals surface area contributed by atoms with Crippen molar-refractivity contribution in [2.75, 3.05) is 0 Å². The molecule has 0 fully saturated rings. The first kappa shape index (κ1) is 16.2. The number of nitrogens with zero attached hydrogens (tertiary/aromatic N) is 2. The lowest BCUT2D eigenvalue weighted by molar-refractivity contribution is 0.282. The Kier molecular flexibility index (Phi) is 4.33. The van der Waals surface area contributed by atoms with Crippen LogP contribution in [0.5, 0.6) is 0 Å². The van der Waals surface area contributed by atoms with Crippen molar-refractivity contribution >= 4 is 0 Å². The van der Waals surface area contributed by atoms with Crippen LogP contribution < -0.4 is 0 Å². The average molecular weight is 342 g/mol. The second-order valence-electron chi connectivity index (χ2n) is 6.13. The molecule has 0 radical (unpaired) electrons. The van der Waals surface area contributed by atoms with Gasteiger partial charge >= 0.3 is 0 Å². The predicted octanol–water partition coefficient (Wildman–Crippen LogP) is 4.87. The molecular weight excluding hydrogens is 324 g/mol. The molecule has 4 rings (SSSR count). The highest BCUT2D eigenvalue weighted by molar-refractivity contribution is 5.75. The third-order valence-electron chi connectivity index (χ3n) is 4.44. The lowest BCUT2D eigenvalue weighted by atomic mass is 9.96. The van der Waals surface area contributed by atoms with E-state index in [2.05, 4.69) is 35.3 Å². The maximum Gasteiger partial charge on any atom is 0.258 e. The molecule has 1 aromatic heterocycles. The Morgan fingerprint density at radius 3 is 2.38 bits per heavy atom. The van der Waals surface area contributed by atoms with Crippen LogP contribution in [-0.2, 0) is 6.61 Å². The summed E-state index contributed by atoms with van der Waals surface area (Å²) in [4.78, 5) is 4.56. The number of hydrogen-bond donors (Lipinski definition) is 1. The molecule has 0 bridgehead atoms. The normalized spacial score (nSPS) is 10.8. The van der Waals surface area contributed by atoms with Crippen LogP contribution in [0.15, 0.2) is 77.3 Å². The molecule has 0 aliphatic carbocycles. The monoisotopic (exact) mass is 342 g/mol. The molecule has 4 nitrogen and oxygen atoms in total. The van der Waals surface area contributed by atoms with Crippen LogP contribution in [0.25, 0.3) is 34.0 Å². The lowest BCUT2D eigenvalue weighted by Gasteiger charge is -2.08. The van der Waals surface area contributed by atoms with Crippen LogP contribution in [0.2, 0.25) is 0 Å². The van der Waals surface area contributed by atoms with Crippen molar-refractivity contribution < 1.29 is 9.63 Å². The van der Waals surface area contributed by atoms with Gasteiger partial charge in [0.1, 0.15) is 0 Å². The summed E-state index contributed by atoms with van der Waals surface area (Å²) >= 11 is 0. The molecule has 0 amide bonds. The zero-order chi connectivity index (χ0) is 17.9. The Bertz CT molecular complexity index is 1040. The maximum atomic E-state index is 9.30. The first-order chi connectivity index (χ1) is 12.8. The number of rotatable bonds is 4. The smallest absolute Gasteiger partial charge is 0.258 e. The van der Waals surface area contributed by atoms with Gasteiger partial charge in [0.05, 0.1) is 6.61 Å². The Hall–Kier alpha value is -3.24. The summed E-state index contributed by atoms with van der Waals surface area (Å²) in [5, 5.41) is 13.4. The molecule has 0 spiro atoms. The van der Waals surface area contributed by atoms with Crippen LogP contribution in [0.1, 0.15) is 11.1 Å². The molecule has 1 N–H and O–H groups in total. The van der Waals surface area contributed by atoms with Crippen LogP contribution in [-0.4, -0.2) is 15.2 Å². The molecule has 1 heterocycles. The van der Waals surface area contributed by atoms with Crippen molar-refractivity contribution in [2.45, 2.75) is 13.5 Å². The Balaban J connectivity index is 1.74. The van der Waals surface area contributed by atoms with Crippen LogP contribution in [0.4, 0.5) is 0 Å². The average Bonchev–Trinajstić information content (AvgIpc) is 3.19. The van der Waals surface area contributed by atoms with Crippen molar-refractivity contribution in [3.8, 4) is 34.0 Å². The topological polar surface area (TPSA) is 59.2 Å². The van der Waals surface area contributed by atoms with Gasteiger partial charge < -0.3 is 9.63 Å². The summed E-state index contributed by atoms with van der Waals surface area (Å²) in [5.74, 6) is 1.00. The molecule has 0 saturated carbocycles. The van der Waals surface area contributed by atoms with Gasteiger partial charge in [0.2, 0.25) is 5.82 Å². The quantitative estimate of drug-likeness (QED) is 0.575. The lowest BCUT2D eigenvalue weighted by Crippen LogP contribution is -1.89. The predicted molar refractivity (Wildman–Crippen MR) is 101 cm³/mol. The maximum absolute atomic E-state index is 9.30. The summed E-state index contributed by atoms with van der Waals surface area (Å²) in [7, 11) is 0. The van der Waals surface area contributed by atoms with E-state index in [1.54, 1.807) is 0 Å². The Morgan fingerprint density at radius 1 is 0.846 bits per heavy atom. The standard InChI is InChI=1S/C22H18N2O2/c1-15-19(17-8-3-2-4-9-17)11-6-12-20(15)22-23-21(24-26-22)18-10-5-7-16(13-18)14-25/h2-13,25H,14H2,1H3. The zero-order valence-electron chi connectivity index (χ0n) is 14.4. The van der Waals surface area contributed by atoms with E-state index in [0.29, 0.717) is 11.7 Å². The second kappa shape index (κ2) is 6.94. The van der Waals surface area contributed by atoms with Gasteiger partial charge in [0.25, 0.3) is 5.89 Å². The van der Waals surface area contributed by atoms with E-state index in [9.17, 15) is 5.11 Å². The van der Waals surface area contributed by atoms with Crippen molar-refractivity contribution in [1.29, 1.82) is 0 Å². The van der Waals surface area contributed by atoms with E-state index in [0.717, 1.165) is 33.4 Å². The number of hydrogen-bond acceptors (Lipinski definition) is 4. The van der Waals surface area contributed by atoms with E-state index in [1.807, 2.05) is 54.6 Å². The van der Waals surface area contributed by atoms with Gasteiger partial charge in [-0.1, -0.05) is 65.8 Å². The molecule has 0 atom stereocenters. The molecule has 0 saturated heterocycles. The molecule has 3 aromatic carbocycles. The summed E-state index contributed by atoms with van der Waals surface area (Å²) in [6.45, 7) is 2.05. The fourth-order valence-corrected chi connectivity index (χ4v) is 3.06. The number of aromatic nitrogens is 2. The molecule has 0 aliphatic rings. The van der Waals surface area contributed by atoms with Gasteiger partial charge in [0.15, 0.2) is 0 Å². The summed E-state index contributed by atoms with van der Waals surface area (Å²) < 4.78 is 5.53. The summed E-state index contributed by atoms with van der Waals surface area (Å²) in [5.41, 5.74) is 5.95. The van der Waals surface area contributed by atoms with Crippen LogP contribution in [0, 0.1) is 6.92 Å². The molecule has 4 aromatic rings. The number of aliphatic hydroxyl groups is 1. The van der Waals surface area contributed by atoms with Gasteiger partial charge in [0, 0.05) is 11.1 Å². The fourth-order valence-electron chi connectivity index (χ4n) is 3.06. The Morgan fingerprint density at radius 2 is 1.58 bits per heavy atom. The third-order valence-corrected chi connectivity index (χ3v) is 4.44. The third kappa shape index (κ3) is 3.03. The molecule has 0 unspecified atom stereocenters. The van der Waals surface area contributed by atoms with Crippen molar-refractivity contribution in [3.05, 3.63) is 83.9 Å². The van der Waals surface area contributed by atoms with Gasteiger partial charge in [-0.15, -0.1) is 0 Å². The van der Waals surface area contributed by atoms with Crippen molar-refractivity contribution in [2.24, 2.45) is 0 Å². The van der Waals surface area contributed by atoms with E-state index in [-0.39, 0.29) is 6.61 Å². The minimum absolute atomic E-state index is 0.0171. The first-order valence-electron chi connectivity index (χ1n) is 8.45. The SMILES string of the molecule is Cc1c(-c2ccccc2)cccc1-c1nc(-c2cccc(CO)c2)no1. The summed E-state index contributed by atoms with van der Waals surface area (Å²) in [6.07, 6.45) is 0.